The minimum Gasteiger partial charge on any atom is -0.610 e. The minimum absolute atomic E-state index is 0.183. The molecule has 18 heavy (non-hydrogen) atoms. The van der Waals surface area contributed by atoms with Crippen molar-refractivity contribution in [2.45, 2.75) is 24.1 Å². The van der Waals surface area contributed by atoms with Gasteiger partial charge in [-0.3, -0.25) is 9.91 Å². The normalized spacial score (nSPS) is 17.6. The van der Waals surface area contributed by atoms with Crippen LogP contribution in [0, 0.1) is 0 Å². The zero-order valence-corrected chi connectivity index (χ0v) is 11.9. The van der Waals surface area contributed by atoms with Crippen LogP contribution in [-0.2, 0) is 11.2 Å². The number of anilines is 1. The molecule has 1 N–H and O–H groups in total. The van der Waals surface area contributed by atoms with Crippen molar-refractivity contribution in [1.29, 1.82) is 0 Å². The van der Waals surface area contributed by atoms with E-state index in [4.69, 9.17) is 0 Å². The third-order valence-electron chi connectivity index (χ3n) is 2.49. The van der Waals surface area contributed by atoms with Gasteiger partial charge >= 0.3 is 10.4 Å². The first-order valence-corrected chi connectivity index (χ1v) is 7.77. The van der Waals surface area contributed by atoms with Crippen LogP contribution in [0.25, 0.3) is 0 Å². The van der Waals surface area contributed by atoms with E-state index in [1.165, 1.54) is 21.2 Å². The molecule has 1 aliphatic rings. The molecule has 1 aromatic heterocycles. The quantitative estimate of drug-likeness (QED) is 0.639. The minimum atomic E-state index is -1.11. The van der Waals surface area contributed by atoms with Gasteiger partial charge in [0.1, 0.15) is 5.75 Å². The molecule has 2 heterocycles. The summed E-state index contributed by atoms with van der Waals surface area (Å²) in [5.74, 6) is 0.594. The second kappa shape index (κ2) is 5.83. The highest BCUT2D eigenvalue weighted by molar-refractivity contribution is 7.93. The van der Waals surface area contributed by atoms with Crippen molar-refractivity contribution >= 4 is 33.7 Å². The van der Waals surface area contributed by atoms with E-state index >= 15 is 0 Å². The van der Waals surface area contributed by atoms with Crippen molar-refractivity contribution in [3.05, 3.63) is 0 Å². The van der Waals surface area contributed by atoms with Gasteiger partial charge in [-0.15, -0.1) is 5.10 Å². The Bertz CT molecular complexity index is 427. The maximum absolute atomic E-state index is 11.9. The van der Waals surface area contributed by atoms with Crippen LogP contribution in [-0.4, -0.2) is 45.3 Å². The summed E-state index contributed by atoms with van der Waals surface area (Å²) in [6.45, 7) is 2.42. The topological polar surface area (TPSA) is 84.4 Å². The van der Waals surface area contributed by atoms with Crippen LogP contribution in [0.4, 0.5) is 9.93 Å². The molecule has 0 saturated carbocycles. The lowest BCUT2D eigenvalue weighted by molar-refractivity contribution is 0.217. The molecule has 2 amide bonds. The lowest BCUT2D eigenvalue weighted by Gasteiger charge is -2.09. The molecule has 7 nitrogen and oxygen atoms in total. The summed E-state index contributed by atoms with van der Waals surface area (Å²) in [4.78, 5) is 13.2. The fourth-order valence-corrected chi connectivity index (χ4v) is 3.68. The summed E-state index contributed by atoms with van der Waals surface area (Å²) in [6.07, 6.45) is 1.89. The number of rotatable bonds is 5. The number of hydrazine groups is 1. The number of aromatic nitrogens is 2. The average molecular weight is 289 g/mol. The molecule has 2 rings (SSSR count). The Labute approximate surface area is 112 Å². The first-order chi connectivity index (χ1) is 8.63. The number of nitrogens with zero attached hydrogens (tertiary/aromatic N) is 4. The van der Waals surface area contributed by atoms with Gasteiger partial charge < -0.3 is 4.55 Å². The van der Waals surface area contributed by atoms with Gasteiger partial charge in [-0.1, -0.05) is 18.4 Å². The molecule has 9 heteroatoms. The first kappa shape index (κ1) is 13.5. The second-order valence-electron chi connectivity index (χ2n) is 3.84. The molecule has 0 aromatic carbocycles. The van der Waals surface area contributed by atoms with Crippen molar-refractivity contribution < 1.29 is 9.35 Å². The monoisotopic (exact) mass is 289 g/mol. The van der Waals surface area contributed by atoms with Crippen LogP contribution in [0.15, 0.2) is 4.34 Å². The maximum atomic E-state index is 11.9. The number of hydrogen-bond acceptors (Lipinski definition) is 6. The van der Waals surface area contributed by atoms with Crippen molar-refractivity contribution in [3.63, 3.8) is 0 Å². The van der Waals surface area contributed by atoms with Crippen LogP contribution in [0.2, 0.25) is 0 Å². The number of carbonyl (C=O) groups excluding carboxylic acids is 1. The molecule has 1 saturated heterocycles. The highest BCUT2D eigenvalue weighted by Crippen LogP contribution is 2.26. The van der Waals surface area contributed by atoms with E-state index in [0.717, 1.165) is 12.8 Å². The van der Waals surface area contributed by atoms with Gasteiger partial charge in [0.25, 0.3) is 0 Å². The number of hydrogen-bond donors (Lipinski definition) is 1. The Morgan fingerprint density at radius 3 is 2.94 bits per heavy atom. The van der Waals surface area contributed by atoms with Gasteiger partial charge in [-0.2, -0.15) is 0 Å². The highest BCUT2D eigenvalue weighted by Gasteiger charge is 2.30. The Morgan fingerprint density at radius 2 is 2.33 bits per heavy atom. The van der Waals surface area contributed by atoms with Crippen molar-refractivity contribution in [2.24, 2.45) is 0 Å². The Hall–Kier alpha value is -0.900. The second-order valence-corrected chi connectivity index (χ2v) is 6.54. The van der Waals surface area contributed by atoms with E-state index in [-0.39, 0.29) is 6.03 Å². The molecule has 1 atom stereocenters. The Kier molecular flexibility index (Phi) is 4.38. The molecule has 1 aromatic rings. The van der Waals surface area contributed by atoms with Crippen molar-refractivity contribution in [2.75, 3.05) is 24.4 Å². The van der Waals surface area contributed by atoms with Crippen molar-refractivity contribution in [1.82, 2.24) is 20.6 Å². The van der Waals surface area contributed by atoms with E-state index in [9.17, 15) is 9.35 Å². The molecule has 1 unspecified atom stereocenters. The zero-order chi connectivity index (χ0) is 13.1. The van der Waals surface area contributed by atoms with Crippen LogP contribution in [0.1, 0.15) is 19.8 Å². The number of unbranched alkanes of at least 4 members (excludes halogenated alkanes) is 1. The first-order valence-electron chi connectivity index (χ1n) is 5.64. The van der Waals surface area contributed by atoms with E-state index in [2.05, 4.69) is 15.6 Å². The van der Waals surface area contributed by atoms with Gasteiger partial charge in [0.2, 0.25) is 5.13 Å². The molecule has 100 valence electrons. The van der Waals surface area contributed by atoms with E-state index in [1.54, 1.807) is 7.05 Å². The van der Waals surface area contributed by atoms with Gasteiger partial charge in [-0.05, 0) is 17.8 Å². The smallest absolute Gasteiger partial charge is 0.341 e. The van der Waals surface area contributed by atoms with Crippen molar-refractivity contribution in [3.8, 4) is 0 Å². The maximum Gasteiger partial charge on any atom is 0.341 e. The summed E-state index contributed by atoms with van der Waals surface area (Å²) in [7, 11) is 1.64. The van der Waals surface area contributed by atoms with Gasteiger partial charge in [-0.25, -0.2) is 10.2 Å². The molecule has 0 aliphatic carbocycles. The van der Waals surface area contributed by atoms with Gasteiger partial charge in [0.15, 0.2) is 0 Å². The standard InChI is InChI=1S/C9H15N5O2S2/c1-3-4-5-18(16)8-12-11-7(17-8)14-6-10-13(2)9(14)15/h10H,3-6H2,1-2H3. The van der Waals surface area contributed by atoms with E-state index in [0.29, 0.717) is 21.9 Å². The van der Waals surface area contributed by atoms with Crippen LogP contribution < -0.4 is 10.3 Å². The molecule has 0 bridgehead atoms. The largest absolute Gasteiger partial charge is 0.610 e. The summed E-state index contributed by atoms with van der Waals surface area (Å²) in [6, 6.07) is -0.183. The summed E-state index contributed by atoms with van der Waals surface area (Å²) < 4.78 is 12.4. The summed E-state index contributed by atoms with van der Waals surface area (Å²) in [5.41, 5.74) is 2.86. The number of carbonyl (C=O) groups is 1. The molecule has 1 fully saturated rings. The molecular formula is C9H15N5O2S2. The van der Waals surface area contributed by atoms with Crippen LogP contribution >= 0.6 is 11.3 Å². The zero-order valence-electron chi connectivity index (χ0n) is 10.3. The predicted molar refractivity (Wildman–Crippen MR) is 69.7 cm³/mol. The third kappa shape index (κ3) is 2.74. The molecule has 0 radical (unpaired) electrons. The Balaban J connectivity index is 2.04. The lowest BCUT2D eigenvalue weighted by Crippen LogP contribution is -2.31. The highest BCUT2D eigenvalue weighted by atomic mass is 32.2. The fraction of sp³-hybridized carbons (Fsp3) is 0.667. The number of amides is 2. The predicted octanol–water partition coefficient (Wildman–Crippen LogP) is 0.780. The van der Waals surface area contributed by atoms with E-state index < -0.39 is 11.2 Å². The Morgan fingerprint density at radius 1 is 1.56 bits per heavy atom. The third-order valence-corrected chi connectivity index (χ3v) is 5.17. The number of nitrogens with one attached hydrogen (secondary N) is 1. The SMILES string of the molecule is CCCC[S+]([O-])c1nnc(N2CNN(C)C2=O)s1. The molecule has 0 spiro atoms. The lowest BCUT2D eigenvalue weighted by atomic mass is 10.4. The van der Waals surface area contributed by atoms with Gasteiger partial charge in [0, 0.05) is 18.2 Å². The fourth-order valence-electron chi connectivity index (χ4n) is 1.41. The summed E-state index contributed by atoms with van der Waals surface area (Å²) in [5, 5.41) is 9.69. The molecular weight excluding hydrogens is 274 g/mol. The molecule has 1 aliphatic heterocycles. The number of urea groups is 1. The summed E-state index contributed by atoms with van der Waals surface area (Å²) >= 11 is 0.101. The average Bonchev–Trinajstić information content (AvgIpc) is 2.95. The van der Waals surface area contributed by atoms with Gasteiger partial charge in [0.05, 0.1) is 6.67 Å². The van der Waals surface area contributed by atoms with Crippen LogP contribution in [0.5, 0.6) is 0 Å². The van der Waals surface area contributed by atoms with Crippen LogP contribution in [0.3, 0.4) is 0 Å². The van der Waals surface area contributed by atoms with E-state index in [1.807, 2.05) is 6.92 Å².